The van der Waals surface area contributed by atoms with Gasteiger partial charge in [0.15, 0.2) is 0 Å². The average molecular weight is 206 g/mol. The Morgan fingerprint density at radius 3 is 2.60 bits per heavy atom. The van der Waals surface area contributed by atoms with Gasteiger partial charge in [0.2, 0.25) is 0 Å². The maximum atomic E-state index is 2.52. The molecule has 0 nitrogen and oxygen atoms in total. The van der Waals surface area contributed by atoms with Crippen molar-refractivity contribution >= 4 is 0 Å². The van der Waals surface area contributed by atoms with E-state index in [4.69, 9.17) is 0 Å². The van der Waals surface area contributed by atoms with Crippen LogP contribution in [0.4, 0.5) is 0 Å². The molecule has 0 N–H and O–H groups in total. The summed E-state index contributed by atoms with van der Waals surface area (Å²) >= 11 is 0. The predicted octanol–water partition coefficient (Wildman–Crippen LogP) is 4.81. The molecule has 0 aliphatic heterocycles. The van der Waals surface area contributed by atoms with E-state index in [1.807, 2.05) is 0 Å². The van der Waals surface area contributed by atoms with Crippen LogP contribution in [0.2, 0.25) is 0 Å². The van der Waals surface area contributed by atoms with Gasteiger partial charge in [-0.15, -0.1) is 0 Å². The molecule has 2 aliphatic carbocycles. The molecule has 3 atom stereocenters. The van der Waals surface area contributed by atoms with Crippen molar-refractivity contribution in [2.75, 3.05) is 0 Å². The maximum Gasteiger partial charge on any atom is -0.00623 e. The number of hydrogen-bond donors (Lipinski definition) is 0. The van der Waals surface area contributed by atoms with Crippen molar-refractivity contribution in [1.29, 1.82) is 0 Å². The third-order valence-corrected chi connectivity index (χ3v) is 5.31. The zero-order chi connectivity index (χ0) is 11.1. The Balaban J connectivity index is 2.20. The van der Waals surface area contributed by atoms with Crippen molar-refractivity contribution < 1.29 is 0 Å². The summed E-state index contributed by atoms with van der Waals surface area (Å²) in [7, 11) is 0. The lowest BCUT2D eigenvalue weighted by atomic mass is 9.64. The van der Waals surface area contributed by atoms with E-state index in [9.17, 15) is 0 Å². The first-order chi connectivity index (χ1) is 7.06. The fraction of sp³-hybridized carbons (Fsp3) is 0.867. The molecule has 0 heteroatoms. The van der Waals surface area contributed by atoms with Crippen LogP contribution in [0.15, 0.2) is 11.6 Å². The van der Waals surface area contributed by atoms with Gasteiger partial charge >= 0.3 is 0 Å². The summed E-state index contributed by atoms with van der Waals surface area (Å²) in [5, 5.41) is 0. The van der Waals surface area contributed by atoms with Gasteiger partial charge in [-0.1, -0.05) is 32.4 Å². The van der Waals surface area contributed by atoms with Crippen molar-refractivity contribution in [1.82, 2.24) is 0 Å². The molecular formula is C15H26. The van der Waals surface area contributed by atoms with Crippen molar-refractivity contribution in [3.63, 3.8) is 0 Å². The smallest absolute Gasteiger partial charge is 0.00623 e. The fourth-order valence-corrected chi connectivity index (χ4v) is 3.91. The molecule has 2 aliphatic rings. The van der Waals surface area contributed by atoms with E-state index in [0.717, 1.165) is 17.8 Å². The van der Waals surface area contributed by atoms with Gasteiger partial charge in [-0.2, -0.15) is 0 Å². The molecule has 0 saturated heterocycles. The molecule has 86 valence electrons. The summed E-state index contributed by atoms with van der Waals surface area (Å²) in [6.45, 7) is 9.67. The molecule has 0 bridgehead atoms. The number of rotatable bonds is 1. The third kappa shape index (κ3) is 1.77. The molecule has 1 fully saturated rings. The minimum atomic E-state index is 0.604. The molecule has 0 aromatic heterocycles. The van der Waals surface area contributed by atoms with Gasteiger partial charge < -0.3 is 0 Å². The molecule has 0 aromatic carbocycles. The summed E-state index contributed by atoms with van der Waals surface area (Å²) in [5.41, 5.74) is 2.32. The molecule has 0 amide bonds. The lowest BCUT2D eigenvalue weighted by molar-refractivity contribution is 0.194. The first-order valence-electron chi connectivity index (χ1n) is 6.73. The molecule has 15 heavy (non-hydrogen) atoms. The van der Waals surface area contributed by atoms with Crippen molar-refractivity contribution in [2.45, 2.75) is 59.8 Å². The predicted molar refractivity (Wildman–Crippen MR) is 66.8 cm³/mol. The summed E-state index contributed by atoms with van der Waals surface area (Å²) in [6, 6.07) is 0. The highest BCUT2D eigenvalue weighted by Gasteiger charge is 2.45. The fourth-order valence-electron chi connectivity index (χ4n) is 3.91. The molecule has 1 saturated carbocycles. The molecule has 1 spiro atoms. The SMILES string of the molecule is CC1=CCC[C@@H](C)[C@@]12CC[C@H](C(C)C)C2. The van der Waals surface area contributed by atoms with Crippen LogP contribution in [0.25, 0.3) is 0 Å². The second-order valence-electron chi connectivity index (χ2n) is 6.27. The number of hydrogen-bond acceptors (Lipinski definition) is 0. The summed E-state index contributed by atoms with van der Waals surface area (Å²) in [6.07, 6.45) is 9.65. The van der Waals surface area contributed by atoms with E-state index in [0.29, 0.717) is 5.41 Å². The maximum absolute atomic E-state index is 2.52. The monoisotopic (exact) mass is 206 g/mol. The van der Waals surface area contributed by atoms with Gasteiger partial charge in [-0.3, -0.25) is 0 Å². The molecule has 2 rings (SSSR count). The van der Waals surface area contributed by atoms with Gasteiger partial charge in [0.05, 0.1) is 0 Å². The van der Waals surface area contributed by atoms with Crippen molar-refractivity contribution in [3.8, 4) is 0 Å². The second-order valence-corrected chi connectivity index (χ2v) is 6.27. The summed E-state index contributed by atoms with van der Waals surface area (Å²) < 4.78 is 0. The normalized spacial score (nSPS) is 41.3. The lowest BCUT2D eigenvalue weighted by Crippen LogP contribution is -2.30. The largest absolute Gasteiger partial charge is 0.0850 e. The Labute approximate surface area is 95.1 Å². The number of allylic oxidation sites excluding steroid dienone is 2. The zero-order valence-electron chi connectivity index (χ0n) is 10.8. The van der Waals surface area contributed by atoms with Crippen LogP contribution >= 0.6 is 0 Å². The third-order valence-electron chi connectivity index (χ3n) is 5.31. The Hall–Kier alpha value is -0.260. The van der Waals surface area contributed by atoms with Gasteiger partial charge in [0, 0.05) is 0 Å². The van der Waals surface area contributed by atoms with E-state index in [-0.39, 0.29) is 0 Å². The van der Waals surface area contributed by atoms with Gasteiger partial charge in [-0.25, -0.2) is 0 Å². The van der Waals surface area contributed by atoms with Crippen molar-refractivity contribution in [2.24, 2.45) is 23.2 Å². The minimum absolute atomic E-state index is 0.604. The van der Waals surface area contributed by atoms with Crippen LogP contribution in [0.1, 0.15) is 59.8 Å². The summed E-state index contributed by atoms with van der Waals surface area (Å²) in [5.74, 6) is 2.78. The molecule has 0 unspecified atom stereocenters. The Bertz CT molecular complexity index is 261. The molecule has 0 radical (unpaired) electrons. The molecule has 0 heterocycles. The van der Waals surface area contributed by atoms with Crippen LogP contribution in [0, 0.1) is 23.2 Å². The van der Waals surface area contributed by atoms with Gasteiger partial charge in [0.1, 0.15) is 0 Å². The van der Waals surface area contributed by atoms with Crippen LogP contribution in [0.5, 0.6) is 0 Å². The van der Waals surface area contributed by atoms with Gasteiger partial charge in [0.25, 0.3) is 0 Å². The van der Waals surface area contributed by atoms with Crippen LogP contribution in [0.3, 0.4) is 0 Å². The van der Waals surface area contributed by atoms with E-state index >= 15 is 0 Å². The van der Waals surface area contributed by atoms with Crippen LogP contribution < -0.4 is 0 Å². The molecular weight excluding hydrogens is 180 g/mol. The first-order valence-corrected chi connectivity index (χ1v) is 6.73. The van der Waals surface area contributed by atoms with E-state index in [1.54, 1.807) is 5.57 Å². The van der Waals surface area contributed by atoms with Crippen LogP contribution in [-0.4, -0.2) is 0 Å². The Kier molecular flexibility index (Phi) is 2.96. The molecule has 0 aromatic rings. The highest BCUT2D eigenvalue weighted by Crippen LogP contribution is 2.56. The average Bonchev–Trinajstić information content (AvgIpc) is 2.61. The van der Waals surface area contributed by atoms with Crippen molar-refractivity contribution in [3.05, 3.63) is 11.6 Å². The van der Waals surface area contributed by atoms with Crippen LogP contribution in [-0.2, 0) is 0 Å². The Morgan fingerprint density at radius 1 is 1.33 bits per heavy atom. The first kappa shape index (κ1) is 11.2. The van der Waals surface area contributed by atoms with E-state index in [1.165, 1.54) is 32.1 Å². The minimum Gasteiger partial charge on any atom is -0.0850 e. The second kappa shape index (κ2) is 3.96. The quantitative estimate of drug-likeness (QED) is 0.540. The lowest BCUT2D eigenvalue weighted by Gasteiger charge is -2.40. The highest BCUT2D eigenvalue weighted by atomic mass is 14.5. The zero-order valence-corrected chi connectivity index (χ0v) is 10.8. The highest BCUT2D eigenvalue weighted by molar-refractivity contribution is 5.19. The Morgan fingerprint density at radius 2 is 2.07 bits per heavy atom. The van der Waals surface area contributed by atoms with Gasteiger partial charge in [-0.05, 0) is 62.2 Å². The van der Waals surface area contributed by atoms with E-state index in [2.05, 4.69) is 33.8 Å². The summed E-state index contributed by atoms with van der Waals surface area (Å²) in [4.78, 5) is 0. The standard InChI is InChI=1S/C15H26/c1-11(2)14-8-9-15(10-14)12(3)6-5-7-13(15)4/h6,11,13-14H,5,7-10H2,1-4H3/t13-,14+,15-/m1/s1. The topological polar surface area (TPSA) is 0 Å². The van der Waals surface area contributed by atoms with E-state index < -0.39 is 0 Å².